The molecule has 0 aliphatic carbocycles. The van der Waals surface area contributed by atoms with Crippen LogP contribution in [0.15, 0.2) is 54.9 Å². The highest BCUT2D eigenvalue weighted by atomic mass is 16.1. The molecule has 0 saturated heterocycles. The Morgan fingerprint density at radius 3 is 2.96 bits per heavy atom. The molecule has 0 spiro atoms. The maximum absolute atomic E-state index is 11.4. The number of nitrogens with zero attached hydrogens (tertiary/aromatic N) is 4. The van der Waals surface area contributed by atoms with Gasteiger partial charge in [-0.3, -0.25) is 9.78 Å². The fraction of sp³-hybridized carbons (Fsp3) is 0.238. The van der Waals surface area contributed by atoms with Crippen molar-refractivity contribution in [2.75, 3.05) is 11.9 Å². The molecule has 0 saturated carbocycles. The van der Waals surface area contributed by atoms with Gasteiger partial charge in [0.1, 0.15) is 11.6 Å². The Labute approximate surface area is 157 Å². The van der Waals surface area contributed by atoms with Crippen LogP contribution in [0, 0.1) is 0 Å². The van der Waals surface area contributed by atoms with E-state index in [1.54, 1.807) is 6.20 Å². The number of carbonyl (C=O) groups excluding carboxylic acids is 1. The number of hydrogen-bond donors (Lipinski definition) is 1. The van der Waals surface area contributed by atoms with Crippen molar-refractivity contribution in [3.05, 3.63) is 66.1 Å². The first-order chi connectivity index (χ1) is 13.2. The summed E-state index contributed by atoms with van der Waals surface area (Å²) in [5, 5.41) is 8.98. The third-order valence-corrected chi connectivity index (χ3v) is 4.59. The summed E-state index contributed by atoms with van der Waals surface area (Å²) in [6.07, 6.45) is 5.48. The maximum Gasteiger partial charge on any atom is 0.153 e. The van der Waals surface area contributed by atoms with E-state index in [9.17, 15) is 4.79 Å². The highest BCUT2D eigenvalue weighted by Crippen LogP contribution is 2.17. The van der Waals surface area contributed by atoms with Crippen molar-refractivity contribution in [3.8, 4) is 0 Å². The molecule has 0 fully saturated rings. The lowest BCUT2D eigenvalue weighted by atomic mass is 10.1. The molecule has 0 bridgehead atoms. The molecule has 1 aromatic carbocycles. The standard InChI is InChI=1S/C21H21N5O/c1-2-18(27)9-11-23-20-7-8-21-24-14-17(26(21)25-20)13-15-5-6-19-16(12-15)4-3-10-22-19/h3-8,10,12,14H,2,9,11,13H2,1H3,(H,23,25). The van der Waals surface area contributed by atoms with Gasteiger partial charge in [-0.15, -0.1) is 5.10 Å². The third-order valence-electron chi connectivity index (χ3n) is 4.59. The lowest BCUT2D eigenvalue weighted by Gasteiger charge is -2.07. The number of pyridine rings is 1. The molecule has 4 rings (SSSR count). The number of fused-ring (bicyclic) bond motifs is 2. The minimum atomic E-state index is 0.248. The predicted octanol–water partition coefficient (Wildman–Crippen LogP) is 3.65. The number of nitrogens with one attached hydrogen (secondary N) is 1. The Morgan fingerprint density at radius 1 is 1.15 bits per heavy atom. The lowest BCUT2D eigenvalue weighted by Crippen LogP contribution is -2.10. The van der Waals surface area contributed by atoms with Gasteiger partial charge in [-0.05, 0) is 35.9 Å². The average molecular weight is 359 g/mol. The topological polar surface area (TPSA) is 72.2 Å². The van der Waals surface area contributed by atoms with E-state index >= 15 is 0 Å². The van der Waals surface area contributed by atoms with Crippen LogP contribution >= 0.6 is 0 Å². The summed E-state index contributed by atoms with van der Waals surface area (Å²) in [4.78, 5) is 20.3. The Kier molecular flexibility index (Phi) is 4.78. The molecule has 0 aliphatic rings. The molecule has 3 aromatic heterocycles. The number of ketones is 1. The molecular weight excluding hydrogens is 338 g/mol. The summed E-state index contributed by atoms with van der Waals surface area (Å²) in [7, 11) is 0. The molecule has 6 nitrogen and oxygen atoms in total. The summed E-state index contributed by atoms with van der Waals surface area (Å²) in [6, 6.07) is 14.1. The summed E-state index contributed by atoms with van der Waals surface area (Å²) in [5.41, 5.74) is 4.00. The van der Waals surface area contributed by atoms with Crippen molar-refractivity contribution in [2.45, 2.75) is 26.2 Å². The van der Waals surface area contributed by atoms with Crippen molar-refractivity contribution in [3.63, 3.8) is 0 Å². The van der Waals surface area contributed by atoms with E-state index in [0.717, 1.165) is 34.5 Å². The maximum atomic E-state index is 11.4. The van der Waals surface area contributed by atoms with Gasteiger partial charge in [-0.1, -0.05) is 19.1 Å². The molecule has 1 N–H and O–H groups in total. The highest BCUT2D eigenvalue weighted by molar-refractivity contribution is 5.79. The first-order valence-corrected chi connectivity index (χ1v) is 9.16. The zero-order valence-electron chi connectivity index (χ0n) is 15.2. The van der Waals surface area contributed by atoms with E-state index in [0.29, 0.717) is 19.4 Å². The van der Waals surface area contributed by atoms with E-state index < -0.39 is 0 Å². The van der Waals surface area contributed by atoms with Gasteiger partial charge >= 0.3 is 0 Å². The molecule has 6 heteroatoms. The number of benzene rings is 1. The number of rotatable bonds is 7. The van der Waals surface area contributed by atoms with Gasteiger partial charge in [-0.25, -0.2) is 9.50 Å². The SMILES string of the molecule is CCC(=O)CCNc1ccc2ncc(Cc3ccc4ncccc4c3)n2n1. The quantitative estimate of drug-likeness (QED) is 0.545. The van der Waals surface area contributed by atoms with Crippen LogP contribution < -0.4 is 5.32 Å². The second-order valence-electron chi connectivity index (χ2n) is 6.51. The van der Waals surface area contributed by atoms with E-state index in [1.807, 2.05) is 41.9 Å². The van der Waals surface area contributed by atoms with Crippen LogP contribution in [0.3, 0.4) is 0 Å². The number of carbonyl (C=O) groups is 1. The Hall–Kier alpha value is -3.28. The van der Waals surface area contributed by atoms with E-state index in [4.69, 9.17) is 0 Å². The molecule has 4 aromatic rings. The van der Waals surface area contributed by atoms with Crippen LogP contribution in [-0.4, -0.2) is 31.9 Å². The minimum absolute atomic E-state index is 0.248. The number of Topliss-reactive ketones (excluding diaryl/α,β-unsaturated/α-hetero) is 1. The first kappa shape index (κ1) is 17.1. The molecule has 136 valence electrons. The molecule has 0 aliphatic heterocycles. The summed E-state index contributed by atoms with van der Waals surface area (Å²) in [6.45, 7) is 2.47. The second-order valence-corrected chi connectivity index (χ2v) is 6.51. The van der Waals surface area contributed by atoms with Gasteiger partial charge in [-0.2, -0.15) is 0 Å². The van der Waals surface area contributed by atoms with Crippen LogP contribution in [0.5, 0.6) is 0 Å². The smallest absolute Gasteiger partial charge is 0.153 e. The molecule has 0 amide bonds. The van der Waals surface area contributed by atoms with Gasteiger partial charge in [0.15, 0.2) is 5.65 Å². The Balaban J connectivity index is 1.55. The summed E-state index contributed by atoms with van der Waals surface area (Å²) < 4.78 is 1.86. The third kappa shape index (κ3) is 3.79. The largest absolute Gasteiger partial charge is 0.368 e. The predicted molar refractivity (Wildman–Crippen MR) is 106 cm³/mol. The summed E-state index contributed by atoms with van der Waals surface area (Å²) in [5.74, 6) is 0.992. The van der Waals surface area contributed by atoms with Crippen LogP contribution in [0.25, 0.3) is 16.6 Å². The van der Waals surface area contributed by atoms with Crippen molar-refractivity contribution in [2.24, 2.45) is 0 Å². The second kappa shape index (κ2) is 7.53. The van der Waals surface area contributed by atoms with Crippen molar-refractivity contribution in [1.29, 1.82) is 0 Å². The van der Waals surface area contributed by atoms with E-state index in [-0.39, 0.29) is 5.78 Å². The van der Waals surface area contributed by atoms with Gasteiger partial charge in [0.05, 0.1) is 17.4 Å². The van der Waals surface area contributed by atoms with E-state index in [1.165, 1.54) is 5.56 Å². The van der Waals surface area contributed by atoms with Crippen LogP contribution in [0.1, 0.15) is 31.0 Å². The Morgan fingerprint density at radius 2 is 2.07 bits per heavy atom. The first-order valence-electron chi connectivity index (χ1n) is 9.16. The summed E-state index contributed by atoms with van der Waals surface area (Å²) >= 11 is 0. The van der Waals surface area contributed by atoms with Gasteiger partial charge < -0.3 is 5.32 Å². The normalized spacial score (nSPS) is 11.1. The van der Waals surface area contributed by atoms with Gasteiger partial charge in [0.25, 0.3) is 0 Å². The van der Waals surface area contributed by atoms with Gasteiger partial charge in [0, 0.05) is 37.4 Å². The zero-order chi connectivity index (χ0) is 18.6. The number of aromatic nitrogens is 4. The zero-order valence-corrected chi connectivity index (χ0v) is 15.2. The molecule has 3 heterocycles. The molecule has 0 radical (unpaired) electrons. The van der Waals surface area contributed by atoms with Crippen molar-refractivity contribution < 1.29 is 4.79 Å². The van der Waals surface area contributed by atoms with E-state index in [2.05, 4.69) is 38.6 Å². The lowest BCUT2D eigenvalue weighted by molar-refractivity contribution is -0.118. The fourth-order valence-electron chi connectivity index (χ4n) is 3.09. The van der Waals surface area contributed by atoms with Crippen LogP contribution in [-0.2, 0) is 11.2 Å². The number of anilines is 1. The number of hydrogen-bond acceptors (Lipinski definition) is 5. The molecule has 0 atom stereocenters. The molecule has 27 heavy (non-hydrogen) atoms. The van der Waals surface area contributed by atoms with Crippen LogP contribution in [0.2, 0.25) is 0 Å². The fourth-order valence-corrected chi connectivity index (χ4v) is 3.09. The number of imidazole rings is 1. The van der Waals surface area contributed by atoms with Crippen molar-refractivity contribution >= 4 is 28.2 Å². The molecular formula is C21H21N5O. The average Bonchev–Trinajstić information content (AvgIpc) is 3.10. The monoisotopic (exact) mass is 359 g/mol. The highest BCUT2D eigenvalue weighted by Gasteiger charge is 2.08. The molecule has 0 unspecified atom stereocenters. The van der Waals surface area contributed by atoms with Crippen LogP contribution in [0.4, 0.5) is 5.82 Å². The Bertz CT molecular complexity index is 1100. The minimum Gasteiger partial charge on any atom is -0.368 e. The van der Waals surface area contributed by atoms with Gasteiger partial charge in [0.2, 0.25) is 0 Å². The van der Waals surface area contributed by atoms with Crippen molar-refractivity contribution in [1.82, 2.24) is 19.6 Å².